The lowest BCUT2D eigenvalue weighted by molar-refractivity contribution is 0.414. The minimum absolute atomic E-state index is 0.193. The molecule has 0 fully saturated rings. The molecule has 0 aliphatic rings. The number of rotatable bonds is 6. The molecule has 1 unspecified atom stereocenters. The Hall–Kier alpha value is -1.59. The smallest absolute Gasteiger partial charge is 0.121 e. The van der Waals surface area contributed by atoms with Crippen molar-refractivity contribution in [3.63, 3.8) is 0 Å². The molecule has 0 saturated heterocycles. The van der Waals surface area contributed by atoms with Gasteiger partial charge in [-0.2, -0.15) is 0 Å². The molecule has 1 aromatic heterocycles. The zero-order chi connectivity index (χ0) is 15.4. The number of halogens is 1. The largest absolute Gasteiger partial charge is 0.497 e. The zero-order valence-electron chi connectivity index (χ0n) is 12.9. The van der Waals surface area contributed by atoms with E-state index < -0.39 is 0 Å². The number of benzene rings is 1. The molecule has 21 heavy (non-hydrogen) atoms. The molecule has 0 spiro atoms. The molecule has 0 amide bonds. The fourth-order valence-electron chi connectivity index (χ4n) is 2.42. The van der Waals surface area contributed by atoms with E-state index >= 15 is 0 Å². The van der Waals surface area contributed by atoms with Crippen LogP contribution in [-0.2, 0) is 6.42 Å². The molecule has 1 atom stereocenters. The van der Waals surface area contributed by atoms with Crippen LogP contribution >= 0.6 is 11.6 Å². The Kier molecular flexibility index (Phi) is 5.20. The molecular weight excluding hydrogens is 288 g/mol. The molecule has 0 aliphatic heterocycles. The van der Waals surface area contributed by atoms with Gasteiger partial charge in [0, 0.05) is 6.07 Å². The molecule has 114 valence electrons. The minimum Gasteiger partial charge on any atom is -0.497 e. The molecular formula is C15H21ClN4O. The predicted molar refractivity (Wildman–Crippen MR) is 84.4 cm³/mol. The summed E-state index contributed by atoms with van der Waals surface area (Å²) in [5.41, 5.74) is 2.82. The maximum absolute atomic E-state index is 6.31. The summed E-state index contributed by atoms with van der Waals surface area (Å²) >= 11 is 6.31. The summed E-state index contributed by atoms with van der Waals surface area (Å²) in [6.07, 6.45) is 1.78. The first-order valence-electron chi connectivity index (χ1n) is 7.11. The van der Waals surface area contributed by atoms with Gasteiger partial charge in [0.1, 0.15) is 11.4 Å². The van der Waals surface area contributed by atoms with Crippen LogP contribution in [0.5, 0.6) is 5.75 Å². The van der Waals surface area contributed by atoms with Gasteiger partial charge in [-0.3, -0.25) is 0 Å². The molecule has 2 aromatic rings. The summed E-state index contributed by atoms with van der Waals surface area (Å²) in [6, 6.07) is 5.71. The minimum atomic E-state index is 0.193. The third-order valence-electron chi connectivity index (χ3n) is 3.60. The number of methoxy groups -OCH3 is 1. The third-order valence-corrected chi connectivity index (χ3v) is 3.92. The monoisotopic (exact) mass is 308 g/mol. The number of hydrogen-bond acceptors (Lipinski definition) is 4. The van der Waals surface area contributed by atoms with Crippen molar-refractivity contribution in [3.8, 4) is 11.4 Å². The molecule has 0 radical (unpaired) electrons. The molecule has 2 rings (SSSR count). The van der Waals surface area contributed by atoms with Gasteiger partial charge in [-0.1, -0.05) is 30.7 Å². The lowest BCUT2D eigenvalue weighted by atomic mass is 10.1. The normalized spacial score (nSPS) is 12.4. The Morgan fingerprint density at radius 2 is 2.14 bits per heavy atom. The van der Waals surface area contributed by atoms with E-state index in [1.165, 1.54) is 0 Å². The Bertz CT molecular complexity index is 608. The second-order valence-corrected chi connectivity index (χ2v) is 5.16. The van der Waals surface area contributed by atoms with Crippen molar-refractivity contribution in [2.45, 2.75) is 32.7 Å². The van der Waals surface area contributed by atoms with Crippen molar-refractivity contribution in [1.82, 2.24) is 20.3 Å². The van der Waals surface area contributed by atoms with Crippen LogP contribution in [0.15, 0.2) is 18.2 Å². The van der Waals surface area contributed by atoms with E-state index in [0.29, 0.717) is 5.02 Å². The molecule has 6 heteroatoms. The van der Waals surface area contributed by atoms with Crippen LogP contribution in [0.1, 0.15) is 37.7 Å². The van der Waals surface area contributed by atoms with Crippen molar-refractivity contribution in [1.29, 1.82) is 0 Å². The lowest BCUT2D eigenvalue weighted by Crippen LogP contribution is -2.17. The van der Waals surface area contributed by atoms with Crippen molar-refractivity contribution < 1.29 is 4.74 Å². The van der Waals surface area contributed by atoms with Crippen LogP contribution in [0.4, 0.5) is 0 Å². The van der Waals surface area contributed by atoms with Crippen molar-refractivity contribution in [2.75, 3.05) is 14.2 Å². The maximum atomic E-state index is 6.31. The zero-order valence-corrected chi connectivity index (χ0v) is 13.6. The van der Waals surface area contributed by atoms with Gasteiger partial charge >= 0.3 is 0 Å². The van der Waals surface area contributed by atoms with E-state index in [4.69, 9.17) is 16.3 Å². The van der Waals surface area contributed by atoms with Crippen molar-refractivity contribution in [3.05, 3.63) is 34.6 Å². The maximum Gasteiger partial charge on any atom is 0.121 e. The van der Waals surface area contributed by atoms with Crippen LogP contribution in [-0.4, -0.2) is 29.2 Å². The fraction of sp³-hybridized carbons (Fsp3) is 0.467. The van der Waals surface area contributed by atoms with E-state index in [0.717, 1.165) is 35.7 Å². The van der Waals surface area contributed by atoms with Gasteiger partial charge in [-0.05, 0) is 32.0 Å². The number of hydrogen-bond donors (Lipinski definition) is 1. The highest BCUT2D eigenvalue weighted by Gasteiger charge is 2.20. The number of aromatic nitrogens is 3. The van der Waals surface area contributed by atoms with E-state index in [1.54, 1.807) is 11.8 Å². The topological polar surface area (TPSA) is 52.0 Å². The molecule has 0 saturated carbocycles. The standard InChI is InChI=1S/C15H21ClN4O/c1-5-12(17-3)15-13(6-2)20(19-18-15)14-9-10(21-4)7-8-11(14)16/h7-9,12,17H,5-6H2,1-4H3. The molecule has 0 bridgehead atoms. The molecule has 0 aliphatic carbocycles. The first kappa shape index (κ1) is 15.8. The van der Waals surface area contributed by atoms with Crippen LogP contribution in [0.25, 0.3) is 5.69 Å². The average Bonchev–Trinajstić information content (AvgIpc) is 2.92. The van der Waals surface area contributed by atoms with Gasteiger partial charge < -0.3 is 10.1 Å². The van der Waals surface area contributed by atoms with Gasteiger partial charge in [0.25, 0.3) is 0 Å². The average molecular weight is 309 g/mol. The number of ether oxygens (including phenoxy) is 1. The molecule has 1 aromatic carbocycles. The SMILES string of the molecule is CCc1c(C(CC)NC)nnn1-c1cc(OC)ccc1Cl. The summed E-state index contributed by atoms with van der Waals surface area (Å²) in [6.45, 7) is 4.22. The second-order valence-electron chi connectivity index (χ2n) is 4.75. The predicted octanol–water partition coefficient (Wildman–Crippen LogP) is 3.16. The van der Waals surface area contributed by atoms with Crippen molar-refractivity contribution >= 4 is 11.6 Å². The first-order valence-corrected chi connectivity index (χ1v) is 7.49. The van der Waals surface area contributed by atoms with E-state index in [-0.39, 0.29) is 6.04 Å². The van der Waals surface area contributed by atoms with Gasteiger partial charge in [0.05, 0.1) is 29.6 Å². The van der Waals surface area contributed by atoms with Crippen LogP contribution in [0, 0.1) is 0 Å². The summed E-state index contributed by atoms with van der Waals surface area (Å²) < 4.78 is 7.07. The summed E-state index contributed by atoms with van der Waals surface area (Å²) in [7, 11) is 3.57. The number of nitrogens with one attached hydrogen (secondary N) is 1. The Morgan fingerprint density at radius 1 is 1.38 bits per heavy atom. The number of nitrogens with zero attached hydrogens (tertiary/aromatic N) is 3. The summed E-state index contributed by atoms with van der Waals surface area (Å²) in [4.78, 5) is 0. The van der Waals surface area contributed by atoms with Crippen LogP contribution in [0.2, 0.25) is 5.02 Å². The van der Waals surface area contributed by atoms with Gasteiger partial charge in [-0.25, -0.2) is 4.68 Å². The van der Waals surface area contributed by atoms with Crippen molar-refractivity contribution in [2.24, 2.45) is 0 Å². The summed E-state index contributed by atoms with van der Waals surface area (Å²) in [5, 5.41) is 12.5. The van der Waals surface area contributed by atoms with Crippen LogP contribution in [0.3, 0.4) is 0 Å². The highest BCUT2D eigenvalue weighted by atomic mass is 35.5. The second kappa shape index (κ2) is 6.91. The Morgan fingerprint density at radius 3 is 2.71 bits per heavy atom. The van der Waals surface area contributed by atoms with E-state index in [9.17, 15) is 0 Å². The first-order chi connectivity index (χ1) is 10.2. The fourth-order valence-corrected chi connectivity index (χ4v) is 2.62. The van der Waals surface area contributed by atoms with E-state index in [1.807, 2.05) is 25.2 Å². The highest BCUT2D eigenvalue weighted by molar-refractivity contribution is 6.32. The third kappa shape index (κ3) is 3.04. The Labute approximate surface area is 130 Å². The van der Waals surface area contributed by atoms with E-state index in [2.05, 4.69) is 29.5 Å². The lowest BCUT2D eigenvalue weighted by Gasteiger charge is -2.14. The highest BCUT2D eigenvalue weighted by Crippen LogP contribution is 2.28. The molecule has 1 N–H and O–H groups in total. The summed E-state index contributed by atoms with van der Waals surface area (Å²) in [5.74, 6) is 0.745. The van der Waals surface area contributed by atoms with Gasteiger partial charge in [0.2, 0.25) is 0 Å². The Balaban J connectivity index is 2.54. The molecule has 5 nitrogen and oxygen atoms in total. The quantitative estimate of drug-likeness (QED) is 0.890. The van der Waals surface area contributed by atoms with Crippen LogP contribution < -0.4 is 10.1 Å². The molecule has 1 heterocycles. The van der Waals surface area contributed by atoms with Gasteiger partial charge in [0.15, 0.2) is 0 Å². The van der Waals surface area contributed by atoms with Gasteiger partial charge in [-0.15, -0.1) is 5.10 Å².